The van der Waals surface area contributed by atoms with E-state index in [1.54, 1.807) is 12.1 Å². The molecule has 1 N–H and O–H groups in total. The molecule has 1 aromatic carbocycles. The molecule has 0 aliphatic rings. The maximum Gasteiger partial charge on any atom is 0.257 e. The molecule has 2 aromatic rings. The van der Waals surface area contributed by atoms with Crippen molar-refractivity contribution in [2.75, 3.05) is 5.32 Å². The van der Waals surface area contributed by atoms with Crippen molar-refractivity contribution in [3.05, 3.63) is 56.3 Å². The van der Waals surface area contributed by atoms with Crippen LogP contribution in [-0.4, -0.2) is 10.9 Å². The molecule has 86 valence electrons. The van der Waals surface area contributed by atoms with Gasteiger partial charge in [0.25, 0.3) is 5.91 Å². The van der Waals surface area contributed by atoms with Gasteiger partial charge in [0.05, 0.1) is 5.56 Å². The lowest BCUT2D eigenvalue weighted by Gasteiger charge is -2.04. The highest BCUT2D eigenvalue weighted by Gasteiger charge is 2.05. The topological polar surface area (TPSA) is 42.0 Å². The minimum absolute atomic E-state index is 0.161. The molecule has 1 amide bonds. The van der Waals surface area contributed by atoms with Gasteiger partial charge in [-0.15, -0.1) is 0 Å². The first-order valence-electron chi connectivity index (χ1n) is 4.83. The number of amides is 1. The number of nitrogens with one attached hydrogen (secondary N) is 1. The lowest BCUT2D eigenvalue weighted by molar-refractivity contribution is 0.102. The van der Waals surface area contributed by atoms with Crippen molar-refractivity contribution in [2.24, 2.45) is 0 Å². The van der Waals surface area contributed by atoms with Gasteiger partial charge in [-0.1, -0.05) is 0 Å². The van der Waals surface area contributed by atoms with E-state index in [2.05, 4.69) is 48.8 Å². The summed E-state index contributed by atoms with van der Waals surface area (Å²) in [5, 5.41) is 2.81. The molecule has 0 saturated carbocycles. The van der Waals surface area contributed by atoms with Crippen molar-refractivity contribution in [1.82, 2.24) is 4.98 Å². The van der Waals surface area contributed by atoms with Gasteiger partial charge in [-0.25, -0.2) is 4.98 Å². The van der Waals surface area contributed by atoms with Gasteiger partial charge in [-0.3, -0.25) is 4.79 Å². The number of hydrogen-bond acceptors (Lipinski definition) is 2. The van der Waals surface area contributed by atoms with Crippen LogP contribution < -0.4 is 5.32 Å². The summed E-state index contributed by atoms with van der Waals surface area (Å²) in [6.45, 7) is 0. The quantitative estimate of drug-likeness (QED) is 0.614. The van der Waals surface area contributed by atoms with Crippen molar-refractivity contribution in [3.63, 3.8) is 0 Å². The number of hydrogen-bond donors (Lipinski definition) is 1. The Morgan fingerprint density at radius 3 is 2.47 bits per heavy atom. The van der Waals surface area contributed by atoms with Crippen molar-refractivity contribution < 1.29 is 4.79 Å². The van der Waals surface area contributed by atoms with Crippen molar-refractivity contribution >= 4 is 50.1 Å². The zero-order valence-corrected chi connectivity index (χ0v) is 12.4. The summed E-state index contributed by atoms with van der Waals surface area (Å²) in [4.78, 5) is 15.9. The number of benzene rings is 1. The van der Waals surface area contributed by atoms with Crippen molar-refractivity contribution in [2.45, 2.75) is 0 Å². The van der Waals surface area contributed by atoms with Crippen LogP contribution in [0.5, 0.6) is 0 Å². The first kappa shape index (κ1) is 12.5. The molecule has 0 spiro atoms. The van der Waals surface area contributed by atoms with Crippen LogP contribution in [-0.2, 0) is 0 Å². The highest BCUT2D eigenvalue weighted by Crippen LogP contribution is 2.13. The highest BCUT2D eigenvalue weighted by molar-refractivity contribution is 14.1. The lowest BCUT2D eigenvalue weighted by atomic mass is 10.2. The number of carbonyl (C=O) groups excluding carboxylic acids is 1. The largest absolute Gasteiger partial charge is 0.322 e. The average Bonchev–Trinajstić information content (AvgIpc) is 2.33. The fourth-order valence-electron chi connectivity index (χ4n) is 1.25. The van der Waals surface area contributed by atoms with Crippen LogP contribution in [0.1, 0.15) is 10.4 Å². The minimum atomic E-state index is -0.161. The predicted molar refractivity (Wildman–Crippen MR) is 79.0 cm³/mol. The molecular formula is C12H8BrIN2O. The standard InChI is InChI=1S/C12H8BrIN2O/c13-11-6-1-8(7-15-11)12(17)16-10-4-2-9(14)3-5-10/h1-7H,(H,16,17). The number of nitrogens with zero attached hydrogens (tertiary/aromatic N) is 1. The first-order valence-corrected chi connectivity index (χ1v) is 6.71. The second-order valence-corrected chi connectivity index (χ2v) is 5.39. The molecule has 2 rings (SSSR count). The summed E-state index contributed by atoms with van der Waals surface area (Å²) in [5.41, 5.74) is 1.31. The second-order valence-electron chi connectivity index (χ2n) is 3.33. The predicted octanol–water partition coefficient (Wildman–Crippen LogP) is 3.70. The molecule has 0 unspecified atom stereocenters. The molecule has 0 atom stereocenters. The fraction of sp³-hybridized carbons (Fsp3) is 0. The number of pyridine rings is 1. The molecule has 17 heavy (non-hydrogen) atoms. The normalized spacial score (nSPS) is 10.0. The van der Waals surface area contributed by atoms with Gasteiger partial charge in [0.1, 0.15) is 4.60 Å². The van der Waals surface area contributed by atoms with E-state index in [0.717, 1.165) is 9.26 Å². The van der Waals surface area contributed by atoms with E-state index in [1.165, 1.54) is 6.20 Å². The third-order valence-electron chi connectivity index (χ3n) is 2.09. The van der Waals surface area contributed by atoms with E-state index in [9.17, 15) is 4.79 Å². The van der Waals surface area contributed by atoms with E-state index in [4.69, 9.17) is 0 Å². The number of carbonyl (C=O) groups is 1. The fourth-order valence-corrected chi connectivity index (χ4v) is 1.84. The SMILES string of the molecule is O=C(Nc1ccc(I)cc1)c1ccc(Br)nc1. The third kappa shape index (κ3) is 3.50. The molecule has 0 bridgehead atoms. The van der Waals surface area contributed by atoms with Gasteiger partial charge in [0.2, 0.25) is 0 Å². The van der Waals surface area contributed by atoms with Crippen molar-refractivity contribution in [3.8, 4) is 0 Å². The molecule has 0 saturated heterocycles. The van der Waals surface area contributed by atoms with Crippen LogP contribution in [0.4, 0.5) is 5.69 Å². The maximum atomic E-state index is 11.8. The summed E-state index contributed by atoms with van der Waals surface area (Å²) in [7, 11) is 0. The third-order valence-corrected chi connectivity index (χ3v) is 3.28. The van der Waals surface area contributed by atoms with E-state index >= 15 is 0 Å². The minimum Gasteiger partial charge on any atom is -0.322 e. The summed E-state index contributed by atoms with van der Waals surface area (Å²) in [6, 6.07) is 11.1. The first-order chi connectivity index (χ1) is 8.15. The lowest BCUT2D eigenvalue weighted by Crippen LogP contribution is -2.11. The zero-order valence-electron chi connectivity index (χ0n) is 8.65. The molecular weight excluding hydrogens is 395 g/mol. The Hall–Kier alpha value is -0.950. The number of halogens is 2. The average molecular weight is 403 g/mol. The van der Waals surface area contributed by atoms with Gasteiger partial charge in [-0.2, -0.15) is 0 Å². The van der Waals surface area contributed by atoms with Gasteiger partial charge in [0, 0.05) is 15.5 Å². The van der Waals surface area contributed by atoms with Crippen LogP contribution in [0.3, 0.4) is 0 Å². The molecule has 1 aromatic heterocycles. The van der Waals surface area contributed by atoms with E-state index in [1.807, 2.05) is 24.3 Å². The van der Waals surface area contributed by atoms with E-state index in [0.29, 0.717) is 10.2 Å². The Morgan fingerprint density at radius 1 is 1.18 bits per heavy atom. The Morgan fingerprint density at radius 2 is 1.88 bits per heavy atom. The number of rotatable bonds is 2. The smallest absolute Gasteiger partial charge is 0.257 e. The van der Waals surface area contributed by atoms with Crippen LogP contribution in [0.15, 0.2) is 47.2 Å². The van der Waals surface area contributed by atoms with E-state index < -0.39 is 0 Å². The monoisotopic (exact) mass is 402 g/mol. The van der Waals surface area contributed by atoms with E-state index in [-0.39, 0.29) is 5.91 Å². The Labute approximate surface area is 121 Å². The van der Waals surface area contributed by atoms with Crippen LogP contribution in [0, 0.1) is 3.57 Å². The van der Waals surface area contributed by atoms with Crippen molar-refractivity contribution in [1.29, 1.82) is 0 Å². The Kier molecular flexibility index (Phi) is 4.11. The van der Waals surface area contributed by atoms with Gasteiger partial charge < -0.3 is 5.32 Å². The van der Waals surface area contributed by atoms with Crippen LogP contribution in [0.25, 0.3) is 0 Å². The molecule has 3 nitrogen and oxygen atoms in total. The second kappa shape index (κ2) is 5.59. The molecule has 0 fully saturated rings. The van der Waals surface area contributed by atoms with Gasteiger partial charge in [0.15, 0.2) is 0 Å². The highest BCUT2D eigenvalue weighted by atomic mass is 127. The van der Waals surface area contributed by atoms with Crippen LogP contribution in [0.2, 0.25) is 0 Å². The summed E-state index contributed by atoms with van der Waals surface area (Å²) in [6.07, 6.45) is 1.53. The molecule has 1 heterocycles. The zero-order chi connectivity index (χ0) is 12.3. The Bertz CT molecular complexity index is 525. The molecule has 0 aliphatic carbocycles. The number of anilines is 1. The molecule has 0 radical (unpaired) electrons. The number of aromatic nitrogens is 1. The summed E-state index contributed by atoms with van der Waals surface area (Å²) in [5.74, 6) is -0.161. The molecule has 5 heteroatoms. The maximum absolute atomic E-state index is 11.8. The van der Waals surface area contributed by atoms with Gasteiger partial charge in [-0.05, 0) is 74.9 Å². The van der Waals surface area contributed by atoms with Gasteiger partial charge >= 0.3 is 0 Å². The molecule has 0 aliphatic heterocycles. The van der Waals surface area contributed by atoms with Crippen LogP contribution >= 0.6 is 38.5 Å². The summed E-state index contributed by atoms with van der Waals surface area (Å²) < 4.78 is 1.84. The summed E-state index contributed by atoms with van der Waals surface area (Å²) >= 11 is 5.44. The Balaban J connectivity index is 2.11.